The number of carbonyl (C=O) groups is 1. The van der Waals surface area contributed by atoms with Crippen LogP contribution in [0.25, 0.3) is 0 Å². The van der Waals surface area contributed by atoms with Crippen molar-refractivity contribution in [3.63, 3.8) is 0 Å². The molecule has 0 aliphatic heterocycles. The standard InChI is InChI=1S/C16H16ClNO2/c17-14-8-4-5-9-15(14)20-11-10-16(19)18-12-13-6-2-1-3-7-13/h1-9H,10-12H2,(H,18,19). The van der Waals surface area contributed by atoms with Gasteiger partial charge >= 0.3 is 0 Å². The van der Waals surface area contributed by atoms with Crippen molar-refractivity contribution in [3.05, 3.63) is 65.2 Å². The lowest BCUT2D eigenvalue weighted by molar-refractivity contribution is -0.121. The molecule has 2 rings (SSSR count). The average molecular weight is 290 g/mol. The van der Waals surface area contributed by atoms with Crippen LogP contribution in [0.5, 0.6) is 5.75 Å². The van der Waals surface area contributed by atoms with E-state index in [0.29, 0.717) is 30.3 Å². The molecule has 104 valence electrons. The van der Waals surface area contributed by atoms with Crippen LogP contribution in [0.2, 0.25) is 5.02 Å². The molecule has 0 saturated heterocycles. The van der Waals surface area contributed by atoms with Gasteiger partial charge in [0.15, 0.2) is 0 Å². The molecule has 0 aliphatic rings. The summed E-state index contributed by atoms with van der Waals surface area (Å²) in [4.78, 5) is 11.7. The fourth-order valence-corrected chi connectivity index (χ4v) is 1.89. The van der Waals surface area contributed by atoms with Crippen molar-refractivity contribution >= 4 is 17.5 Å². The first-order valence-corrected chi connectivity index (χ1v) is 6.81. The zero-order valence-corrected chi connectivity index (χ0v) is 11.8. The van der Waals surface area contributed by atoms with E-state index in [1.54, 1.807) is 12.1 Å². The molecule has 0 unspecified atom stereocenters. The van der Waals surface area contributed by atoms with Gasteiger partial charge in [-0.1, -0.05) is 54.1 Å². The number of amides is 1. The van der Waals surface area contributed by atoms with Crippen LogP contribution < -0.4 is 10.1 Å². The van der Waals surface area contributed by atoms with Crippen LogP contribution in [0.4, 0.5) is 0 Å². The molecule has 2 aromatic carbocycles. The maximum absolute atomic E-state index is 11.7. The third kappa shape index (κ3) is 4.59. The monoisotopic (exact) mass is 289 g/mol. The van der Waals surface area contributed by atoms with Gasteiger partial charge in [0, 0.05) is 6.54 Å². The molecule has 0 aliphatic carbocycles. The van der Waals surface area contributed by atoms with Crippen LogP contribution in [-0.2, 0) is 11.3 Å². The first kappa shape index (κ1) is 14.4. The van der Waals surface area contributed by atoms with Crippen molar-refractivity contribution < 1.29 is 9.53 Å². The number of rotatable bonds is 6. The Bertz CT molecular complexity index is 557. The van der Waals surface area contributed by atoms with Gasteiger partial charge in [-0.25, -0.2) is 0 Å². The van der Waals surface area contributed by atoms with Crippen molar-refractivity contribution in [2.45, 2.75) is 13.0 Å². The normalized spacial score (nSPS) is 10.1. The Balaban J connectivity index is 1.69. The molecule has 0 aromatic heterocycles. The molecule has 0 bridgehead atoms. The van der Waals surface area contributed by atoms with E-state index in [4.69, 9.17) is 16.3 Å². The van der Waals surface area contributed by atoms with E-state index in [9.17, 15) is 4.79 Å². The highest BCUT2D eigenvalue weighted by Crippen LogP contribution is 2.22. The topological polar surface area (TPSA) is 38.3 Å². The summed E-state index contributed by atoms with van der Waals surface area (Å²) in [6, 6.07) is 17.0. The molecule has 4 heteroatoms. The lowest BCUT2D eigenvalue weighted by Gasteiger charge is -2.08. The number of hydrogen-bond donors (Lipinski definition) is 1. The molecule has 1 amide bonds. The van der Waals surface area contributed by atoms with Gasteiger partial charge in [0.05, 0.1) is 18.1 Å². The summed E-state index contributed by atoms with van der Waals surface area (Å²) in [5.41, 5.74) is 1.08. The second-order valence-corrected chi connectivity index (χ2v) is 4.70. The summed E-state index contributed by atoms with van der Waals surface area (Å²) in [6.07, 6.45) is 0.304. The Morgan fingerprint density at radius 2 is 1.75 bits per heavy atom. The van der Waals surface area contributed by atoms with E-state index >= 15 is 0 Å². The van der Waals surface area contributed by atoms with Gasteiger partial charge in [-0.2, -0.15) is 0 Å². The van der Waals surface area contributed by atoms with Crippen molar-refractivity contribution in [1.29, 1.82) is 0 Å². The average Bonchev–Trinajstić information content (AvgIpc) is 2.48. The minimum atomic E-state index is -0.0408. The second kappa shape index (κ2) is 7.56. The van der Waals surface area contributed by atoms with Gasteiger partial charge in [0.2, 0.25) is 5.91 Å². The number of benzene rings is 2. The molecule has 0 radical (unpaired) electrons. The maximum atomic E-state index is 11.7. The van der Waals surface area contributed by atoms with Crippen molar-refractivity contribution in [2.75, 3.05) is 6.61 Å². The van der Waals surface area contributed by atoms with Crippen molar-refractivity contribution in [2.24, 2.45) is 0 Å². The first-order valence-electron chi connectivity index (χ1n) is 6.43. The van der Waals surface area contributed by atoms with Crippen LogP contribution in [0, 0.1) is 0 Å². The van der Waals surface area contributed by atoms with Gasteiger partial charge < -0.3 is 10.1 Å². The predicted molar refractivity (Wildman–Crippen MR) is 79.9 cm³/mol. The van der Waals surface area contributed by atoms with Gasteiger partial charge in [-0.15, -0.1) is 0 Å². The minimum Gasteiger partial charge on any atom is -0.491 e. The molecule has 0 atom stereocenters. The summed E-state index contributed by atoms with van der Waals surface area (Å²) >= 11 is 5.96. The molecule has 1 N–H and O–H groups in total. The summed E-state index contributed by atoms with van der Waals surface area (Å²) in [7, 11) is 0. The zero-order chi connectivity index (χ0) is 14.2. The maximum Gasteiger partial charge on any atom is 0.223 e. The fourth-order valence-electron chi connectivity index (χ4n) is 1.70. The highest BCUT2D eigenvalue weighted by molar-refractivity contribution is 6.32. The molecule has 20 heavy (non-hydrogen) atoms. The second-order valence-electron chi connectivity index (χ2n) is 4.29. The summed E-state index contributed by atoms with van der Waals surface area (Å²) in [5.74, 6) is 0.561. The number of para-hydroxylation sites is 1. The minimum absolute atomic E-state index is 0.0408. The Morgan fingerprint density at radius 3 is 2.50 bits per heavy atom. The van der Waals surface area contributed by atoms with Gasteiger partial charge in [-0.3, -0.25) is 4.79 Å². The lowest BCUT2D eigenvalue weighted by Crippen LogP contribution is -2.24. The Kier molecular flexibility index (Phi) is 5.44. The largest absolute Gasteiger partial charge is 0.491 e. The first-order chi connectivity index (χ1) is 9.75. The molecule has 3 nitrogen and oxygen atoms in total. The third-order valence-corrected chi connectivity index (χ3v) is 3.07. The molecule has 2 aromatic rings. The molecular weight excluding hydrogens is 274 g/mol. The molecule has 0 spiro atoms. The molecule has 0 saturated carbocycles. The van der Waals surface area contributed by atoms with Crippen molar-refractivity contribution in [3.8, 4) is 5.75 Å². The summed E-state index contributed by atoms with van der Waals surface area (Å²) < 4.78 is 5.47. The predicted octanol–water partition coefficient (Wildman–Crippen LogP) is 3.43. The van der Waals surface area contributed by atoms with Crippen LogP contribution in [0.1, 0.15) is 12.0 Å². The van der Waals surface area contributed by atoms with Crippen LogP contribution >= 0.6 is 11.6 Å². The SMILES string of the molecule is O=C(CCOc1ccccc1Cl)NCc1ccccc1. The smallest absolute Gasteiger partial charge is 0.223 e. The van der Waals surface area contributed by atoms with Crippen molar-refractivity contribution in [1.82, 2.24) is 5.32 Å². The zero-order valence-electron chi connectivity index (χ0n) is 11.0. The number of carbonyl (C=O) groups excluding carboxylic acids is 1. The summed E-state index contributed by atoms with van der Waals surface area (Å²) in [5, 5.41) is 3.40. The number of ether oxygens (including phenoxy) is 1. The van der Waals surface area contributed by atoms with Crippen LogP contribution in [0.3, 0.4) is 0 Å². The van der Waals surface area contributed by atoms with E-state index in [1.807, 2.05) is 42.5 Å². The highest BCUT2D eigenvalue weighted by Gasteiger charge is 2.04. The van der Waals surface area contributed by atoms with Gasteiger partial charge in [0.1, 0.15) is 5.75 Å². The van der Waals surface area contributed by atoms with E-state index in [0.717, 1.165) is 5.56 Å². The lowest BCUT2D eigenvalue weighted by atomic mass is 10.2. The van der Waals surface area contributed by atoms with E-state index in [2.05, 4.69) is 5.32 Å². The molecule has 0 heterocycles. The summed E-state index contributed by atoms with van der Waals surface area (Å²) in [6.45, 7) is 0.843. The Labute approximate surface area is 123 Å². The highest BCUT2D eigenvalue weighted by atomic mass is 35.5. The van der Waals surface area contributed by atoms with Crippen LogP contribution in [0.15, 0.2) is 54.6 Å². The quantitative estimate of drug-likeness (QED) is 0.885. The number of halogens is 1. The third-order valence-electron chi connectivity index (χ3n) is 2.76. The fraction of sp³-hybridized carbons (Fsp3) is 0.188. The Hall–Kier alpha value is -2.00. The molecular formula is C16H16ClNO2. The van der Waals surface area contributed by atoms with E-state index < -0.39 is 0 Å². The Morgan fingerprint density at radius 1 is 1.05 bits per heavy atom. The van der Waals surface area contributed by atoms with Crippen LogP contribution in [-0.4, -0.2) is 12.5 Å². The number of hydrogen-bond acceptors (Lipinski definition) is 2. The van der Waals surface area contributed by atoms with Gasteiger partial charge in [-0.05, 0) is 17.7 Å². The molecule has 0 fully saturated rings. The number of nitrogens with one attached hydrogen (secondary N) is 1. The van der Waals surface area contributed by atoms with E-state index in [1.165, 1.54) is 0 Å². The van der Waals surface area contributed by atoms with Gasteiger partial charge in [0.25, 0.3) is 0 Å². The van der Waals surface area contributed by atoms with E-state index in [-0.39, 0.29) is 5.91 Å².